The Kier molecular flexibility index (Phi) is 10.7. The standard InChI is InChI=1S/C60H77BN2S/c1-37(2)39-33-51-53-52(34-39)63(48-23-18-40(32-38(48)3)55(4,5)6)49-24-19-41(56(7,8)9)35-47(49)61(53)54-50(25-22-43-45(26-31-64-54)59(14,15)28-27-57(43,10)11)62(51)42-20-21-44-46(36-42)60(16,17)30-29-58(44,12)13/h18-24,26,32-37H,25,27-31H2,1-17H3/b43-22?,45-26+. The van der Waals surface area contributed by atoms with E-state index >= 15 is 0 Å². The van der Waals surface area contributed by atoms with Crippen LogP contribution in [0.15, 0.2) is 101 Å². The molecule has 0 unspecified atom stereocenters. The first-order chi connectivity index (χ1) is 29.7. The number of nitrogens with zero attached hydrogens (tertiary/aromatic N) is 2. The third kappa shape index (κ3) is 7.39. The Hall–Kier alpha value is -3.89. The highest BCUT2D eigenvalue weighted by Gasteiger charge is 2.47. The van der Waals surface area contributed by atoms with E-state index in [2.05, 4.69) is 218 Å². The van der Waals surface area contributed by atoms with Crippen molar-refractivity contribution in [3.63, 3.8) is 0 Å². The van der Waals surface area contributed by atoms with Gasteiger partial charge in [-0.1, -0.05) is 153 Å². The number of fused-ring (bicyclic) bond motifs is 5. The molecule has 4 aromatic carbocycles. The van der Waals surface area contributed by atoms with Crippen LogP contribution in [0.3, 0.4) is 0 Å². The molecule has 0 amide bonds. The second-order valence-electron chi connectivity index (χ2n) is 25.3. The summed E-state index contributed by atoms with van der Waals surface area (Å²) in [6, 6.07) is 27.6. The lowest BCUT2D eigenvalue weighted by Crippen LogP contribution is -2.56. The molecule has 336 valence electrons. The zero-order chi connectivity index (χ0) is 46.3. The molecule has 9 rings (SSSR count). The van der Waals surface area contributed by atoms with E-state index < -0.39 is 0 Å². The Labute approximate surface area is 393 Å². The molecule has 4 aromatic rings. The summed E-state index contributed by atoms with van der Waals surface area (Å²) >= 11 is 2.12. The number of anilines is 5. The molecular weight excluding hydrogens is 792 g/mol. The van der Waals surface area contributed by atoms with Crippen LogP contribution in [0.2, 0.25) is 0 Å². The van der Waals surface area contributed by atoms with Gasteiger partial charge in [0, 0.05) is 46.3 Å². The molecule has 3 aliphatic heterocycles. The van der Waals surface area contributed by atoms with Crippen molar-refractivity contribution >= 4 is 57.8 Å². The van der Waals surface area contributed by atoms with Crippen LogP contribution in [0.25, 0.3) is 0 Å². The van der Waals surface area contributed by atoms with E-state index in [1.54, 1.807) is 11.1 Å². The highest BCUT2D eigenvalue weighted by molar-refractivity contribution is 8.05. The summed E-state index contributed by atoms with van der Waals surface area (Å²) in [4.78, 5) is 6.95. The van der Waals surface area contributed by atoms with Crippen LogP contribution in [0.4, 0.5) is 28.4 Å². The smallest absolute Gasteiger partial charge is 0.259 e. The molecule has 2 nitrogen and oxygen atoms in total. The molecule has 2 aliphatic carbocycles. The van der Waals surface area contributed by atoms with Gasteiger partial charge in [-0.3, -0.25) is 0 Å². The fourth-order valence-electron chi connectivity index (χ4n) is 11.9. The summed E-state index contributed by atoms with van der Waals surface area (Å²) in [5, 5.41) is 0. The SMILES string of the molecule is Cc1cc(C(C)(C)C)ccc1N1c2ccc(C(C)(C)C)cc2B2C3=C(CC=C4/C(=C\CS3)C(C)(C)CCC4(C)C)N(c3ccc4c(c3)C(C)(C)CCC4(C)C)c3cc(C(C)C)cc1c32. The lowest BCUT2D eigenvalue weighted by molar-refractivity contribution is 0.259. The first-order valence-corrected chi connectivity index (χ1v) is 25.7. The van der Waals surface area contributed by atoms with Crippen LogP contribution in [0, 0.1) is 17.8 Å². The highest BCUT2D eigenvalue weighted by Crippen LogP contribution is 2.56. The van der Waals surface area contributed by atoms with E-state index in [4.69, 9.17) is 0 Å². The monoisotopic (exact) mass is 869 g/mol. The van der Waals surface area contributed by atoms with Gasteiger partial charge >= 0.3 is 0 Å². The fraction of sp³-hybridized carbons (Fsp3) is 0.500. The molecule has 1 fully saturated rings. The third-order valence-electron chi connectivity index (χ3n) is 16.4. The third-order valence-corrected chi connectivity index (χ3v) is 17.5. The van der Waals surface area contributed by atoms with Crippen molar-refractivity contribution in [1.82, 2.24) is 0 Å². The number of hydrogen-bond donors (Lipinski definition) is 0. The van der Waals surface area contributed by atoms with Crippen molar-refractivity contribution in [2.24, 2.45) is 10.8 Å². The molecule has 3 heterocycles. The Morgan fingerprint density at radius 1 is 0.578 bits per heavy atom. The second-order valence-corrected chi connectivity index (χ2v) is 26.4. The van der Waals surface area contributed by atoms with Gasteiger partial charge in [-0.05, 0) is 168 Å². The zero-order valence-electron chi connectivity index (χ0n) is 42.7. The van der Waals surface area contributed by atoms with E-state index in [-0.39, 0.29) is 39.2 Å². The van der Waals surface area contributed by atoms with Gasteiger partial charge in [0.25, 0.3) is 6.71 Å². The van der Waals surface area contributed by atoms with Crippen LogP contribution >= 0.6 is 11.8 Å². The van der Waals surface area contributed by atoms with E-state index in [9.17, 15) is 0 Å². The molecule has 64 heavy (non-hydrogen) atoms. The van der Waals surface area contributed by atoms with E-state index in [1.807, 2.05) is 0 Å². The van der Waals surface area contributed by atoms with Crippen molar-refractivity contribution in [3.05, 3.63) is 134 Å². The molecule has 0 spiro atoms. The number of benzene rings is 4. The minimum atomic E-state index is 0.00359. The van der Waals surface area contributed by atoms with Gasteiger partial charge in [0.15, 0.2) is 0 Å². The van der Waals surface area contributed by atoms with E-state index in [0.717, 1.165) is 12.2 Å². The van der Waals surface area contributed by atoms with Crippen LogP contribution in [0.1, 0.15) is 182 Å². The number of thioether (sulfide) groups is 1. The van der Waals surface area contributed by atoms with Crippen LogP contribution in [-0.4, -0.2) is 12.5 Å². The van der Waals surface area contributed by atoms with Gasteiger partial charge in [0.05, 0.1) is 0 Å². The van der Waals surface area contributed by atoms with Crippen molar-refractivity contribution < 1.29 is 0 Å². The first-order valence-electron chi connectivity index (χ1n) is 24.7. The van der Waals surface area contributed by atoms with Gasteiger partial charge in [-0.2, -0.15) is 0 Å². The summed E-state index contributed by atoms with van der Waals surface area (Å²) in [5.74, 6) is 1.31. The largest absolute Gasteiger partial charge is 0.314 e. The lowest BCUT2D eigenvalue weighted by Gasteiger charge is -2.47. The molecule has 0 atom stereocenters. The molecule has 1 saturated carbocycles. The molecule has 0 bridgehead atoms. The Morgan fingerprint density at radius 2 is 1.12 bits per heavy atom. The van der Waals surface area contributed by atoms with Crippen molar-refractivity contribution in [2.45, 2.75) is 177 Å². The summed E-state index contributed by atoms with van der Waals surface area (Å²) in [5.41, 5.74) is 23.1. The predicted molar refractivity (Wildman–Crippen MR) is 283 cm³/mol. The van der Waals surface area contributed by atoms with Crippen molar-refractivity contribution in [2.75, 3.05) is 15.6 Å². The van der Waals surface area contributed by atoms with E-state index in [0.29, 0.717) is 5.92 Å². The van der Waals surface area contributed by atoms with Crippen LogP contribution < -0.4 is 20.7 Å². The summed E-state index contributed by atoms with van der Waals surface area (Å²) in [7, 11) is 0. The van der Waals surface area contributed by atoms with Gasteiger partial charge in [-0.25, -0.2) is 0 Å². The molecule has 0 saturated heterocycles. The molecule has 0 N–H and O–H groups in total. The number of aryl methyl sites for hydroxylation is 1. The first kappa shape index (κ1) is 45.3. The molecule has 4 heteroatoms. The average molecular weight is 869 g/mol. The normalized spacial score (nSPS) is 21.6. The van der Waals surface area contributed by atoms with Gasteiger partial charge in [-0.15, -0.1) is 11.8 Å². The Balaban J connectivity index is 1.40. The predicted octanol–water partition coefficient (Wildman–Crippen LogP) is 16.2. The maximum Gasteiger partial charge on any atom is 0.259 e. The maximum atomic E-state index is 2.77. The van der Waals surface area contributed by atoms with E-state index in [1.165, 1.54) is 109 Å². The topological polar surface area (TPSA) is 6.48 Å². The summed E-state index contributed by atoms with van der Waals surface area (Å²) in [6.45, 7) is 41.2. The second kappa shape index (κ2) is 15.1. The van der Waals surface area contributed by atoms with Crippen molar-refractivity contribution in [1.29, 1.82) is 0 Å². The Morgan fingerprint density at radius 3 is 1.72 bits per heavy atom. The number of rotatable bonds is 3. The maximum absolute atomic E-state index is 2.77. The van der Waals surface area contributed by atoms with Crippen molar-refractivity contribution in [3.8, 4) is 0 Å². The zero-order valence-corrected chi connectivity index (χ0v) is 43.5. The lowest BCUT2D eigenvalue weighted by atomic mass is 9.36. The van der Waals surface area contributed by atoms with Crippen LogP contribution in [0.5, 0.6) is 0 Å². The molecule has 0 radical (unpaired) electrons. The van der Waals surface area contributed by atoms with Gasteiger partial charge < -0.3 is 9.80 Å². The summed E-state index contributed by atoms with van der Waals surface area (Å²) in [6.07, 6.45) is 11.1. The average Bonchev–Trinajstić information content (AvgIpc) is 3.30. The Bertz CT molecular complexity index is 2670. The molecular formula is C60H77BN2S. The quantitative estimate of drug-likeness (QED) is 0.189. The molecule has 5 aliphatic rings. The fourth-order valence-corrected chi connectivity index (χ4v) is 13.1. The minimum Gasteiger partial charge on any atom is -0.314 e. The minimum absolute atomic E-state index is 0.00359. The summed E-state index contributed by atoms with van der Waals surface area (Å²) < 4.78 is 0. The highest BCUT2D eigenvalue weighted by atomic mass is 32.2. The van der Waals surface area contributed by atoms with Gasteiger partial charge in [0.2, 0.25) is 0 Å². The number of allylic oxidation sites excluding steroid dienone is 3. The number of hydrogen-bond acceptors (Lipinski definition) is 3. The molecule has 0 aromatic heterocycles. The van der Waals surface area contributed by atoms with Gasteiger partial charge in [0.1, 0.15) is 0 Å². The van der Waals surface area contributed by atoms with Crippen LogP contribution in [-0.2, 0) is 21.7 Å².